The molecule has 1 aromatic carbocycles. The predicted octanol–water partition coefficient (Wildman–Crippen LogP) is 1.29. The molecule has 1 atom stereocenters. The maximum Gasteiger partial charge on any atom is 0.241 e. The third-order valence-corrected chi connectivity index (χ3v) is 6.87. The van der Waals surface area contributed by atoms with Crippen molar-refractivity contribution in [2.24, 2.45) is 11.7 Å². The van der Waals surface area contributed by atoms with E-state index < -0.39 is 19.9 Å². The van der Waals surface area contributed by atoms with Crippen LogP contribution < -0.4 is 10.5 Å². The second-order valence-electron chi connectivity index (χ2n) is 5.22. The molecule has 10 heteroatoms. The molecule has 126 valence electrons. The first-order valence-corrected chi connectivity index (χ1v) is 10.5. The van der Waals surface area contributed by atoms with E-state index in [1.165, 1.54) is 18.2 Å². The van der Waals surface area contributed by atoms with E-state index in [1.54, 1.807) is 0 Å². The highest BCUT2D eigenvalue weighted by Gasteiger charge is 2.29. The Labute approximate surface area is 145 Å². The fourth-order valence-electron chi connectivity index (χ4n) is 1.90. The summed E-state index contributed by atoms with van der Waals surface area (Å²) in [4.78, 5) is 0.0564. The average Bonchev–Trinajstić information content (AvgIpc) is 3.18. The van der Waals surface area contributed by atoms with Gasteiger partial charge in [-0.3, -0.25) is 0 Å². The zero-order valence-electron chi connectivity index (χ0n) is 11.8. The number of hydrogen-bond acceptors (Lipinski definition) is 5. The van der Waals surface area contributed by atoms with E-state index in [2.05, 4.69) is 20.7 Å². The molecular formula is C12H18BrClN2O4S2. The lowest BCUT2D eigenvalue weighted by molar-refractivity contribution is 0.547. The van der Waals surface area contributed by atoms with E-state index in [9.17, 15) is 16.8 Å². The molecule has 0 aliphatic heterocycles. The maximum absolute atomic E-state index is 12.2. The van der Waals surface area contributed by atoms with Crippen LogP contribution in [0.2, 0.25) is 0 Å². The minimum Gasteiger partial charge on any atom is -0.326 e. The summed E-state index contributed by atoms with van der Waals surface area (Å²) < 4.78 is 50.0. The molecule has 0 heterocycles. The van der Waals surface area contributed by atoms with Gasteiger partial charge in [-0.15, -0.1) is 12.4 Å². The Morgan fingerprint density at radius 3 is 2.36 bits per heavy atom. The van der Waals surface area contributed by atoms with Crippen molar-refractivity contribution in [3.63, 3.8) is 0 Å². The summed E-state index contributed by atoms with van der Waals surface area (Å²) in [6.07, 6.45) is 3.14. The summed E-state index contributed by atoms with van der Waals surface area (Å²) in [5, 5.41) is 0. The molecule has 1 fully saturated rings. The molecule has 0 radical (unpaired) electrons. The van der Waals surface area contributed by atoms with Gasteiger partial charge in [0.05, 0.1) is 9.79 Å². The van der Waals surface area contributed by atoms with Crippen LogP contribution >= 0.6 is 28.3 Å². The van der Waals surface area contributed by atoms with Crippen LogP contribution in [0.4, 0.5) is 0 Å². The lowest BCUT2D eigenvalue weighted by Gasteiger charge is -2.13. The molecule has 0 spiro atoms. The Morgan fingerprint density at radius 2 is 1.91 bits per heavy atom. The van der Waals surface area contributed by atoms with E-state index in [4.69, 9.17) is 5.73 Å². The summed E-state index contributed by atoms with van der Waals surface area (Å²) >= 11 is 3.11. The maximum atomic E-state index is 12.2. The highest BCUT2D eigenvalue weighted by atomic mass is 79.9. The van der Waals surface area contributed by atoms with Gasteiger partial charge in [0.25, 0.3) is 0 Å². The molecule has 0 aromatic heterocycles. The minimum absolute atomic E-state index is 0. The Bertz CT molecular complexity index is 748. The van der Waals surface area contributed by atoms with Gasteiger partial charge in [-0.05, 0) is 52.9 Å². The fraction of sp³-hybridized carbons (Fsp3) is 0.500. The highest BCUT2D eigenvalue weighted by molar-refractivity contribution is 9.10. The van der Waals surface area contributed by atoms with Gasteiger partial charge in [-0.1, -0.05) is 0 Å². The lowest BCUT2D eigenvalue weighted by Crippen LogP contribution is -2.38. The molecule has 1 saturated carbocycles. The van der Waals surface area contributed by atoms with Crippen LogP contribution in [0.1, 0.15) is 12.8 Å². The fourth-order valence-corrected chi connectivity index (χ4v) is 4.85. The topological polar surface area (TPSA) is 106 Å². The molecule has 0 saturated heterocycles. The number of rotatable bonds is 6. The van der Waals surface area contributed by atoms with Crippen LogP contribution in [0.3, 0.4) is 0 Å². The molecule has 3 N–H and O–H groups in total. The first-order chi connectivity index (χ1) is 9.61. The van der Waals surface area contributed by atoms with Gasteiger partial charge in [0.15, 0.2) is 9.84 Å². The van der Waals surface area contributed by atoms with E-state index >= 15 is 0 Å². The molecule has 1 aliphatic rings. The number of halogens is 2. The first-order valence-electron chi connectivity index (χ1n) is 6.36. The van der Waals surface area contributed by atoms with Crippen LogP contribution in [-0.4, -0.2) is 35.7 Å². The highest BCUT2D eigenvalue weighted by Crippen LogP contribution is 2.31. The molecule has 1 unspecified atom stereocenters. The van der Waals surface area contributed by atoms with Crippen molar-refractivity contribution in [2.45, 2.75) is 28.7 Å². The number of nitrogens with two attached hydrogens (primary N) is 1. The SMILES string of the molecule is CS(=O)(=O)c1ccc(S(=O)(=O)NCC(N)C2CC2)c(Br)c1.Cl. The molecule has 2 rings (SSSR count). The van der Waals surface area contributed by atoms with Gasteiger partial charge in [0, 0.05) is 23.3 Å². The van der Waals surface area contributed by atoms with E-state index in [-0.39, 0.29) is 39.3 Å². The van der Waals surface area contributed by atoms with E-state index in [1.807, 2.05) is 0 Å². The van der Waals surface area contributed by atoms with Crippen LogP contribution in [0.15, 0.2) is 32.5 Å². The van der Waals surface area contributed by atoms with Crippen molar-refractivity contribution in [3.8, 4) is 0 Å². The third kappa shape index (κ3) is 4.90. The van der Waals surface area contributed by atoms with Crippen molar-refractivity contribution in [2.75, 3.05) is 12.8 Å². The Balaban J connectivity index is 0.00000242. The number of sulfonamides is 1. The van der Waals surface area contributed by atoms with Crippen molar-refractivity contribution < 1.29 is 16.8 Å². The minimum atomic E-state index is -3.73. The van der Waals surface area contributed by atoms with Gasteiger partial charge in [0.1, 0.15) is 0 Å². The monoisotopic (exact) mass is 432 g/mol. The summed E-state index contributed by atoms with van der Waals surface area (Å²) in [7, 11) is -7.11. The van der Waals surface area contributed by atoms with Crippen LogP contribution in [0.25, 0.3) is 0 Å². The van der Waals surface area contributed by atoms with Crippen molar-refractivity contribution >= 4 is 48.2 Å². The average molecular weight is 434 g/mol. The summed E-state index contributed by atoms with van der Waals surface area (Å²) in [5.41, 5.74) is 5.87. The first kappa shape index (κ1) is 19.9. The molecule has 1 aliphatic carbocycles. The van der Waals surface area contributed by atoms with Crippen molar-refractivity contribution in [1.82, 2.24) is 4.72 Å². The molecule has 6 nitrogen and oxygen atoms in total. The van der Waals surface area contributed by atoms with Gasteiger partial charge < -0.3 is 5.73 Å². The van der Waals surface area contributed by atoms with Gasteiger partial charge in [-0.2, -0.15) is 0 Å². The van der Waals surface area contributed by atoms with Gasteiger partial charge in [-0.25, -0.2) is 21.6 Å². The zero-order chi connectivity index (χ0) is 15.8. The predicted molar refractivity (Wildman–Crippen MR) is 90.4 cm³/mol. The number of sulfone groups is 1. The second kappa shape index (κ2) is 7.14. The summed E-state index contributed by atoms with van der Waals surface area (Å²) in [6, 6.07) is 3.64. The molecule has 22 heavy (non-hydrogen) atoms. The van der Waals surface area contributed by atoms with Crippen LogP contribution in [0, 0.1) is 5.92 Å². The van der Waals surface area contributed by atoms with Crippen LogP contribution in [0.5, 0.6) is 0 Å². The van der Waals surface area contributed by atoms with Crippen molar-refractivity contribution in [1.29, 1.82) is 0 Å². The number of nitrogens with one attached hydrogen (secondary N) is 1. The summed E-state index contributed by atoms with van der Waals surface area (Å²) in [5.74, 6) is 0.392. The Morgan fingerprint density at radius 1 is 1.32 bits per heavy atom. The standard InChI is InChI=1S/C12H17BrN2O4S2.ClH/c1-20(16,17)9-4-5-12(10(13)6-9)21(18,19)15-7-11(14)8-2-3-8;/h4-6,8,11,15H,2-3,7,14H2,1H3;1H. The normalized spacial score (nSPS) is 16.9. The van der Waals surface area contributed by atoms with Gasteiger partial charge >= 0.3 is 0 Å². The van der Waals surface area contributed by atoms with E-state index in [0.717, 1.165) is 19.1 Å². The molecule has 1 aromatic rings. The quantitative estimate of drug-likeness (QED) is 0.703. The largest absolute Gasteiger partial charge is 0.326 e. The molecule has 0 bridgehead atoms. The number of hydrogen-bond donors (Lipinski definition) is 2. The number of benzene rings is 1. The second-order valence-corrected chi connectivity index (χ2v) is 9.82. The molecular weight excluding hydrogens is 416 g/mol. The smallest absolute Gasteiger partial charge is 0.241 e. The third-order valence-electron chi connectivity index (χ3n) is 3.36. The van der Waals surface area contributed by atoms with E-state index in [0.29, 0.717) is 5.92 Å². The molecule has 0 amide bonds. The Hall–Kier alpha value is -0.190. The summed E-state index contributed by atoms with van der Waals surface area (Å²) in [6.45, 7) is 0.174. The Kier molecular flexibility index (Phi) is 6.45. The van der Waals surface area contributed by atoms with Crippen molar-refractivity contribution in [3.05, 3.63) is 22.7 Å². The lowest BCUT2D eigenvalue weighted by atomic mass is 10.2. The van der Waals surface area contributed by atoms with Crippen LogP contribution in [-0.2, 0) is 19.9 Å². The zero-order valence-corrected chi connectivity index (χ0v) is 15.9. The van der Waals surface area contributed by atoms with Gasteiger partial charge in [0.2, 0.25) is 10.0 Å².